The van der Waals surface area contributed by atoms with Crippen LogP contribution in [0, 0.1) is 24.7 Å². The minimum absolute atomic E-state index is 0.0443. The van der Waals surface area contributed by atoms with Gasteiger partial charge in [-0.3, -0.25) is 52.4 Å². The van der Waals surface area contributed by atoms with E-state index in [4.69, 9.17) is 35.1 Å². The fourth-order valence-electron chi connectivity index (χ4n) is 11.5. The third kappa shape index (κ3) is 27.9. The standard InChI is InChI=1S/C66H89N10O25P3S2/c1-6-16-41-33-52-46(31-39(41)3)60(47-32-40(4)49(68-7-2)34-53(47)99-52)44-18-10-11-19-45(44)64(86)75(5)28-14-22-56(79)71-48(62(84)70-26-12-8-9-21-55(78)72-50(35-58(80)81)63(85)73-51(65(87)88)36-59(82)83)20-15-29-105-106-30-25-54(77)69-27-13-17-42-37-76(66(89)74-61(42)67)57-24-23-43(98-57)38-97-103(93,94)101-104(95,96)100-102(90,91)92/h10-11,18-19,31-34,37,43,47-48,50-51,57,60H,6-9,12,14-16,20-30,35-36,38H2,1-5H3,(H,69,77)(H,70,84)(H,71,79)(H,72,78)(H,73,85)(H,80,81)(H,82,83)(H,87,88)(H,93,94)(H,95,96)(H2,67,74,89)(H2,90,91,92)/b68-49+/t43-,47?,48?,50?,51?,57+,60?/m0/s1. The van der Waals surface area contributed by atoms with E-state index in [9.17, 15) is 81.6 Å². The van der Waals surface area contributed by atoms with Crippen molar-refractivity contribution in [1.29, 1.82) is 0 Å². The topological polar surface area (TPSA) is 529 Å². The number of carbonyl (C=O) groups is 9. The summed E-state index contributed by atoms with van der Waals surface area (Å²) in [7, 11) is -12.3. The highest BCUT2D eigenvalue weighted by molar-refractivity contribution is 8.76. The average molecular weight is 1580 g/mol. The Morgan fingerprint density at radius 3 is 2.18 bits per heavy atom. The van der Waals surface area contributed by atoms with E-state index in [2.05, 4.69) is 83.3 Å². The number of nitrogens with one attached hydrogen (secondary N) is 5. The first-order valence-electron chi connectivity index (χ1n) is 33.8. The van der Waals surface area contributed by atoms with Gasteiger partial charge in [0.2, 0.25) is 29.5 Å². The van der Waals surface area contributed by atoms with Gasteiger partial charge in [0, 0.05) is 92.7 Å². The van der Waals surface area contributed by atoms with E-state index >= 15 is 0 Å². The third-order valence-electron chi connectivity index (χ3n) is 16.5. The van der Waals surface area contributed by atoms with Gasteiger partial charge in [0.05, 0.1) is 43.4 Å². The summed E-state index contributed by atoms with van der Waals surface area (Å²) >= 11 is 0. The number of aliphatic carboxylic acids is 3. The molecule has 1 aliphatic carbocycles. The number of phosphoric ester groups is 1. The summed E-state index contributed by atoms with van der Waals surface area (Å²) in [5, 5.41) is 40.2. The summed E-state index contributed by atoms with van der Waals surface area (Å²) in [6, 6.07) is 7.19. The number of aryl methyl sites for hydroxylation is 2. The Labute approximate surface area is 618 Å². The zero-order chi connectivity index (χ0) is 78.1. The second kappa shape index (κ2) is 41.3. The van der Waals surface area contributed by atoms with Gasteiger partial charge in [-0.05, 0) is 107 Å². The summed E-state index contributed by atoms with van der Waals surface area (Å²) in [5.41, 5.74) is 11.6. The van der Waals surface area contributed by atoms with Crippen LogP contribution in [0.15, 0.2) is 75.9 Å². The van der Waals surface area contributed by atoms with Gasteiger partial charge in [0.25, 0.3) is 5.91 Å². The molecule has 35 nitrogen and oxygen atoms in total. The van der Waals surface area contributed by atoms with Crippen LogP contribution in [-0.2, 0) is 76.4 Å². The number of carboxylic acid groups (broad SMARTS) is 3. The lowest BCUT2D eigenvalue weighted by molar-refractivity contribution is -0.148. The van der Waals surface area contributed by atoms with Crippen LogP contribution in [0.25, 0.3) is 0 Å². The Bertz CT molecular complexity index is 4100. The lowest BCUT2D eigenvalue weighted by Gasteiger charge is -2.38. The molecule has 0 radical (unpaired) electrons. The predicted octanol–water partition coefficient (Wildman–Crippen LogP) is 5.29. The highest BCUT2D eigenvalue weighted by Gasteiger charge is 2.43. The number of hydrogen-bond donors (Lipinski definition) is 13. The van der Waals surface area contributed by atoms with Crippen molar-refractivity contribution in [3.63, 3.8) is 0 Å². The van der Waals surface area contributed by atoms with E-state index < -0.39 is 121 Å². The van der Waals surface area contributed by atoms with Crippen molar-refractivity contribution in [2.75, 3.05) is 57.1 Å². The van der Waals surface area contributed by atoms with Gasteiger partial charge in [-0.1, -0.05) is 83.5 Å². The van der Waals surface area contributed by atoms with E-state index in [1.54, 1.807) is 11.9 Å². The maximum absolute atomic E-state index is 14.6. The summed E-state index contributed by atoms with van der Waals surface area (Å²) < 4.78 is 60.2. The number of carboxylic acids is 3. The molecule has 14 N–H and O–H groups in total. The Kier molecular flexibility index (Phi) is 33.9. The summed E-state index contributed by atoms with van der Waals surface area (Å²) in [6.45, 7) is 8.24. The number of nitrogen functional groups attached to an aromatic ring is 1. The summed E-state index contributed by atoms with van der Waals surface area (Å²) in [6.07, 6.45) is 5.21. The highest BCUT2D eigenvalue weighted by Crippen LogP contribution is 2.66. The number of ether oxygens (including phenoxy) is 2. The number of allylic oxidation sites excluding steroid dienone is 3. The maximum atomic E-state index is 14.6. The molecule has 1 fully saturated rings. The fraction of sp³-hybridized carbons (Fsp3) is 0.515. The van der Waals surface area contributed by atoms with Crippen LogP contribution in [0.3, 0.4) is 0 Å². The Balaban J connectivity index is 1.01. The first-order valence-corrected chi connectivity index (χ1v) is 40.8. The first-order chi connectivity index (χ1) is 50.1. The van der Waals surface area contributed by atoms with E-state index in [0.29, 0.717) is 42.9 Å². The lowest BCUT2D eigenvalue weighted by atomic mass is 9.72. The van der Waals surface area contributed by atoms with Crippen LogP contribution < -0.4 is 42.7 Å². The SMILES string of the molecule is CCCc1cc2c(cc1C)C(c1ccccc1C(=O)N(C)CCCC(=O)NC(CCCSSCCC(=O)NCC#Cc1cn([C@H]3CC[C@@H](COP(=O)(O)OP(=O)(O)OP(=O)(O)O)O3)c(=O)nc1N)C(=O)NCCCCCC(=O)NC(CC(=O)O)C(=O)NC(CC(=O)O)C(=O)O)C1C=C(C)/C(=N/CC)C=C1O2. The zero-order valence-electron chi connectivity index (χ0n) is 58.8. The van der Waals surface area contributed by atoms with Crippen molar-refractivity contribution in [2.45, 2.75) is 160 Å². The number of nitrogens with zero attached hydrogens (tertiary/aromatic N) is 4. The molecule has 9 atom stereocenters. The highest BCUT2D eigenvalue weighted by atomic mass is 33.1. The second-order valence-corrected chi connectivity index (χ2v) is 31.9. The maximum Gasteiger partial charge on any atom is 0.490 e. The molecule has 580 valence electrons. The Morgan fingerprint density at radius 1 is 0.802 bits per heavy atom. The largest absolute Gasteiger partial charge is 0.490 e. The van der Waals surface area contributed by atoms with Gasteiger partial charge in [0.1, 0.15) is 41.7 Å². The second-order valence-electron chi connectivity index (χ2n) is 24.8. The number of rotatable bonds is 42. The molecular formula is C66H89N10O25P3S2. The molecule has 0 saturated carbocycles. The molecule has 106 heavy (non-hydrogen) atoms. The summed E-state index contributed by atoms with van der Waals surface area (Å²) in [5.74, 6) is -1.16. The van der Waals surface area contributed by atoms with Gasteiger partial charge in [-0.25, -0.2) is 23.3 Å². The first kappa shape index (κ1) is 86.8. The molecule has 2 aliphatic heterocycles. The molecule has 3 aliphatic rings. The normalized spacial score (nSPS) is 18.4. The number of hydrogen-bond acceptors (Lipinski definition) is 23. The number of aromatic nitrogens is 2. The molecule has 3 heterocycles. The van der Waals surface area contributed by atoms with Gasteiger partial charge in [0.15, 0.2) is 0 Å². The number of benzene rings is 2. The minimum atomic E-state index is -5.75. The monoisotopic (exact) mass is 1580 g/mol. The molecule has 0 bridgehead atoms. The van der Waals surface area contributed by atoms with E-state index in [0.717, 1.165) is 56.9 Å². The number of phosphoric acid groups is 3. The molecule has 40 heteroatoms. The smallest absolute Gasteiger partial charge is 0.481 e. The molecule has 6 amide bonds. The molecule has 0 spiro atoms. The van der Waals surface area contributed by atoms with Gasteiger partial charge < -0.3 is 81.6 Å². The lowest BCUT2D eigenvalue weighted by Crippen LogP contribution is -2.52. The van der Waals surface area contributed by atoms with Crippen molar-refractivity contribution in [3.8, 4) is 17.6 Å². The van der Waals surface area contributed by atoms with Gasteiger partial charge >= 0.3 is 47.1 Å². The Morgan fingerprint density at radius 2 is 1.49 bits per heavy atom. The minimum Gasteiger partial charge on any atom is -0.481 e. The molecule has 6 rings (SSSR count). The van der Waals surface area contributed by atoms with E-state index in [1.807, 2.05) is 49.5 Å². The molecule has 1 aromatic heterocycles. The van der Waals surface area contributed by atoms with Crippen molar-refractivity contribution >= 4 is 110 Å². The molecule has 3 aromatic rings. The van der Waals surface area contributed by atoms with Crippen LogP contribution >= 0.6 is 45.1 Å². The fourth-order valence-corrected chi connectivity index (χ4v) is 16.7. The van der Waals surface area contributed by atoms with E-state index in [-0.39, 0.29) is 106 Å². The number of unbranched alkanes of at least 4 members (excludes halogenated alkanes) is 2. The molecule has 2 aromatic carbocycles. The third-order valence-corrected chi connectivity index (χ3v) is 22.8. The van der Waals surface area contributed by atoms with Crippen LogP contribution in [0.5, 0.6) is 5.75 Å². The number of anilines is 1. The number of aliphatic imine (C=N–C) groups is 1. The number of nitrogens with two attached hydrogens (primary N) is 1. The molecule has 7 unspecified atom stereocenters. The van der Waals surface area contributed by atoms with Gasteiger partial charge in [-0.2, -0.15) is 13.6 Å². The van der Waals surface area contributed by atoms with Crippen molar-refractivity contribution in [2.24, 2.45) is 10.9 Å². The number of carbonyl (C=O) groups excluding carboxylic acids is 6. The predicted molar refractivity (Wildman–Crippen MR) is 388 cm³/mol. The quantitative estimate of drug-likeness (QED) is 0.0148. The van der Waals surface area contributed by atoms with Gasteiger partial charge in [-0.15, -0.1) is 0 Å². The van der Waals surface area contributed by atoms with E-state index in [1.165, 1.54) is 33.3 Å². The number of amides is 6. The van der Waals surface area contributed by atoms with Crippen LogP contribution in [0.4, 0.5) is 5.82 Å². The Hall–Kier alpha value is -8.07. The number of fused-ring (bicyclic) bond motifs is 2. The molecule has 1 saturated heterocycles. The van der Waals surface area contributed by atoms with Crippen LogP contribution in [0.2, 0.25) is 0 Å². The van der Waals surface area contributed by atoms with Crippen LogP contribution in [0.1, 0.15) is 161 Å². The summed E-state index contributed by atoms with van der Waals surface area (Å²) in [4.78, 5) is 174. The van der Waals surface area contributed by atoms with Crippen molar-refractivity contribution in [1.82, 2.24) is 41.0 Å². The van der Waals surface area contributed by atoms with Crippen molar-refractivity contribution in [3.05, 3.63) is 110 Å². The van der Waals surface area contributed by atoms with Crippen molar-refractivity contribution < 1.29 is 114 Å². The zero-order valence-corrected chi connectivity index (χ0v) is 63.1. The average Bonchev–Trinajstić information content (AvgIpc) is 0.817. The van der Waals surface area contributed by atoms with Crippen LogP contribution in [-0.4, -0.2) is 184 Å². The molecular weight excluding hydrogens is 1490 g/mol.